The van der Waals surface area contributed by atoms with Gasteiger partial charge in [0, 0.05) is 31.7 Å². The summed E-state index contributed by atoms with van der Waals surface area (Å²) < 4.78 is 5.63. The van der Waals surface area contributed by atoms with Crippen LogP contribution in [0.3, 0.4) is 0 Å². The van der Waals surface area contributed by atoms with E-state index in [1.54, 1.807) is 11.3 Å². The van der Waals surface area contributed by atoms with Crippen molar-refractivity contribution in [2.75, 3.05) is 19.6 Å². The summed E-state index contributed by atoms with van der Waals surface area (Å²) in [6.07, 6.45) is 4.53. The molecule has 0 unspecified atom stereocenters. The summed E-state index contributed by atoms with van der Waals surface area (Å²) in [4.78, 5) is 11.0. The van der Waals surface area contributed by atoms with Crippen LogP contribution in [0.5, 0.6) is 0 Å². The van der Waals surface area contributed by atoms with Gasteiger partial charge >= 0.3 is 0 Å². The van der Waals surface area contributed by atoms with Gasteiger partial charge in [-0.3, -0.25) is 9.80 Å². The van der Waals surface area contributed by atoms with Crippen LogP contribution >= 0.6 is 11.3 Å². The van der Waals surface area contributed by atoms with Crippen molar-refractivity contribution in [3.8, 4) is 10.8 Å². The molecule has 0 aliphatic carbocycles. The van der Waals surface area contributed by atoms with E-state index in [-0.39, 0.29) is 0 Å². The number of aromatic nitrogens is 1. The van der Waals surface area contributed by atoms with Gasteiger partial charge in [-0.2, -0.15) is 0 Å². The summed E-state index contributed by atoms with van der Waals surface area (Å²) in [5, 5.41) is 2.06. The molecule has 4 rings (SSSR count). The van der Waals surface area contributed by atoms with Crippen molar-refractivity contribution in [3.05, 3.63) is 29.5 Å². The van der Waals surface area contributed by atoms with Crippen molar-refractivity contribution in [2.45, 2.75) is 38.4 Å². The molecule has 5 heteroatoms. The molecule has 2 atom stereocenters. The van der Waals surface area contributed by atoms with Gasteiger partial charge in [-0.05, 0) is 37.8 Å². The highest BCUT2D eigenvalue weighted by atomic mass is 32.1. The lowest BCUT2D eigenvalue weighted by Gasteiger charge is -2.42. The minimum absolute atomic E-state index is 0.598. The maximum Gasteiger partial charge on any atom is 0.236 e. The second-order valence-electron chi connectivity index (χ2n) is 6.19. The average Bonchev–Trinajstić information content (AvgIpc) is 3.18. The zero-order chi connectivity index (χ0) is 14.2. The van der Waals surface area contributed by atoms with Gasteiger partial charge in [0.15, 0.2) is 0 Å². The van der Waals surface area contributed by atoms with E-state index in [1.807, 2.05) is 12.3 Å². The Hall–Kier alpha value is -1.17. The normalized spacial score (nSPS) is 27.1. The lowest BCUT2D eigenvalue weighted by molar-refractivity contribution is 0.0532. The minimum Gasteiger partial charge on any atom is -0.444 e. The van der Waals surface area contributed by atoms with Crippen LogP contribution in [0.4, 0.5) is 0 Å². The number of piperazine rings is 1. The van der Waals surface area contributed by atoms with Crippen molar-refractivity contribution in [1.82, 2.24) is 14.8 Å². The maximum absolute atomic E-state index is 5.63. The molecule has 0 N–H and O–H groups in total. The summed E-state index contributed by atoms with van der Waals surface area (Å²) >= 11 is 1.67. The number of nitrogens with zero attached hydrogens (tertiary/aromatic N) is 3. The van der Waals surface area contributed by atoms with Gasteiger partial charge in [-0.1, -0.05) is 6.07 Å². The number of fused-ring (bicyclic) bond motifs is 1. The molecule has 2 aliphatic rings. The fraction of sp³-hybridized carbons (Fsp3) is 0.562. The van der Waals surface area contributed by atoms with Crippen molar-refractivity contribution in [3.63, 3.8) is 0 Å². The molecule has 2 aromatic heterocycles. The first-order valence-electron chi connectivity index (χ1n) is 7.76. The number of thiophene rings is 1. The van der Waals surface area contributed by atoms with Gasteiger partial charge in [0.25, 0.3) is 0 Å². The Morgan fingerprint density at radius 3 is 3.24 bits per heavy atom. The average molecular weight is 303 g/mol. The smallest absolute Gasteiger partial charge is 0.236 e. The Kier molecular flexibility index (Phi) is 3.57. The van der Waals surface area contributed by atoms with E-state index in [1.165, 1.54) is 32.5 Å². The predicted molar refractivity (Wildman–Crippen MR) is 84.3 cm³/mol. The van der Waals surface area contributed by atoms with E-state index in [0.29, 0.717) is 6.04 Å². The Labute approximate surface area is 129 Å². The zero-order valence-corrected chi connectivity index (χ0v) is 13.2. The first-order valence-corrected chi connectivity index (χ1v) is 8.64. The molecule has 2 aliphatic heterocycles. The van der Waals surface area contributed by atoms with E-state index in [4.69, 9.17) is 4.42 Å². The lowest BCUT2D eigenvalue weighted by atomic mass is 10.1. The number of hydrogen-bond acceptors (Lipinski definition) is 5. The fourth-order valence-corrected chi connectivity index (χ4v) is 4.22. The molecule has 2 aromatic rings. The van der Waals surface area contributed by atoms with Crippen LogP contribution in [0.15, 0.2) is 28.2 Å². The third-order valence-electron chi connectivity index (χ3n) is 4.72. The van der Waals surface area contributed by atoms with Crippen LogP contribution < -0.4 is 0 Å². The Bertz CT molecular complexity index is 594. The zero-order valence-electron chi connectivity index (χ0n) is 12.4. The molecule has 21 heavy (non-hydrogen) atoms. The monoisotopic (exact) mass is 303 g/mol. The first-order chi connectivity index (χ1) is 10.3. The molecule has 0 bridgehead atoms. The van der Waals surface area contributed by atoms with Crippen molar-refractivity contribution < 1.29 is 4.42 Å². The van der Waals surface area contributed by atoms with Crippen molar-refractivity contribution in [1.29, 1.82) is 0 Å². The maximum atomic E-state index is 5.63. The van der Waals surface area contributed by atoms with Crippen LogP contribution in [0, 0.1) is 0 Å². The molecular formula is C16H21N3OS. The van der Waals surface area contributed by atoms with Gasteiger partial charge < -0.3 is 4.42 Å². The highest BCUT2D eigenvalue weighted by Crippen LogP contribution is 2.27. The van der Waals surface area contributed by atoms with E-state index in [9.17, 15) is 0 Å². The number of hydrogen-bond donors (Lipinski definition) is 0. The second kappa shape index (κ2) is 5.55. The summed E-state index contributed by atoms with van der Waals surface area (Å²) in [5.74, 6) is 0.757. The molecule has 0 saturated carbocycles. The quantitative estimate of drug-likeness (QED) is 0.872. The molecule has 0 aromatic carbocycles. The molecule has 2 saturated heterocycles. The molecule has 0 spiro atoms. The largest absolute Gasteiger partial charge is 0.444 e. The summed E-state index contributed by atoms with van der Waals surface area (Å²) in [6, 6.07) is 5.44. The number of oxazole rings is 1. The third-order valence-corrected chi connectivity index (χ3v) is 5.57. The lowest BCUT2D eigenvalue weighted by Crippen LogP contribution is -2.54. The number of rotatable bonds is 3. The van der Waals surface area contributed by atoms with E-state index >= 15 is 0 Å². The highest BCUT2D eigenvalue weighted by molar-refractivity contribution is 7.13. The van der Waals surface area contributed by atoms with Crippen molar-refractivity contribution in [2.24, 2.45) is 0 Å². The standard InChI is InChI=1S/C16H21N3OS/c1-12-8-18-6-2-4-14(18)10-19(12)9-13-11-20-16(17-13)15-5-3-7-21-15/h3,5,7,11-12,14H,2,4,6,8-10H2,1H3/t12-,14+/m1/s1. The van der Waals surface area contributed by atoms with Crippen LogP contribution in [0.1, 0.15) is 25.5 Å². The molecule has 0 radical (unpaired) electrons. The van der Waals surface area contributed by atoms with Gasteiger partial charge in [-0.15, -0.1) is 11.3 Å². The topological polar surface area (TPSA) is 32.5 Å². The van der Waals surface area contributed by atoms with Crippen LogP contribution in [0.25, 0.3) is 10.8 Å². The third kappa shape index (κ3) is 2.65. The van der Waals surface area contributed by atoms with Gasteiger partial charge in [0.05, 0.1) is 10.6 Å². The van der Waals surface area contributed by atoms with Crippen molar-refractivity contribution >= 4 is 11.3 Å². The Morgan fingerprint density at radius 2 is 2.38 bits per heavy atom. The molecule has 4 heterocycles. The minimum atomic E-state index is 0.598. The predicted octanol–water partition coefficient (Wildman–Crippen LogP) is 3.07. The molecule has 112 valence electrons. The SMILES string of the molecule is C[C@@H]1CN2CCC[C@H]2CN1Cc1coc(-c2cccs2)n1. The van der Waals surface area contributed by atoms with E-state index < -0.39 is 0 Å². The van der Waals surface area contributed by atoms with Gasteiger partial charge in [0.1, 0.15) is 6.26 Å². The summed E-state index contributed by atoms with van der Waals surface area (Å²) in [6.45, 7) is 6.88. The van der Waals surface area contributed by atoms with Crippen LogP contribution in [-0.2, 0) is 6.54 Å². The molecule has 2 fully saturated rings. The molecule has 0 amide bonds. The first kappa shape index (κ1) is 13.5. The van der Waals surface area contributed by atoms with Gasteiger partial charge in [-0.25, -0.2) is 4.98 Å². The Morgan fingerprint density at radius 1 is 1.43 bits per heavy atom. The van der Waals surface area contributed by atoms with Crippen LogP contribution in [-0.4, -0.2) is 46.5 Å². The highest BCUT2D eigenvalue weighted by Gasteiger charge is 2.34. The van der Waals surface area contributed by atoms with E-state index in [2.05, 4.69) is 33.2 Å². The molecule has 4 nitrogen and oxygen atoms in total. The van der Waals surface area contributed by atoms with E-state index in [0.717, 1.165) is 29.0 Å². The second-order valence-corrected chi connectivity index (χ2v) is 7.14. The summed E-state index contributed by atoms with van der Waals surface area (Å²) in [5.41, 5.74) is 1.05. The Balaban J connectivity index is 1.46. The fourth-order valence-electron chi connectivity index (χ4n) is 3.57. The molecular weight excluding hydrogens is 282 g/mol. The van der Waals surface area contributed by atoms with Crippen LogP contribution in [0.2, 0.25) is 0 Å². The summed E-state index contributed by atoms with van der Waals surface area (Å²) in [7, 11) is 0. The van der Waals surface area contributed by atoms with Gasteiger partial charge in [0.2, 0.25) is 5.89 Å².